The van der Waals surface area contributed by atoms with E-state index in [0.29, 0.717) is 12.8 Å². The van der Waals surface area contributed by atoms with E-state index in [-0.39, 0.29) is 35.2 Å². The van der Waals surface area contributed by atoms with Crippen LogP contribution < -0.4 is 5.32 Å². The van der Waals surface area contributed by atoms with Crippen molar-refractivity contribution in [3.63, 3.8) is 0 Å². The number of carbonyl (C=O) groups excluding carboxylic acids is 1. The molecule has 1 aromatic carbocycles. The Balaban J connectivity index is 1.88. The maximum absolute atomic E-state index is 12.8. The van der Waals surface area contributed by atoms with Crippen LogP contribution in [0.4, 0.5) is 4.39 Å². The monoisotopic (exact) mass is 299 g/mol. The van der Waals surface area contributed by atoms with Crippen molar-refractivity contribution in [2.24, 2.45) is 5.92 Å². The highest BCUT2D eigenvalue weighted by Crippen LogP contribution is 2.14. The minimum atomic E-state index is -2.99. The van der Waals surface area contributed by atoms with Crippen LogP contribution in [0.3, 0.4) is 0 Å². The predicted octanol–water partition coefficient (Wildman–Crippen LogP) is 1.31. The van der Waals surface area contributed by atoms with Crippen molar-refractivity contribution in [2.75, 3.05) is 11.5 Å². The molecule has 6 heteroatoms. The summed E-state index contributed by atoms with van der Waals surface area (Å²) in [7, 11) is -2.99. The number of carbonyl (C=O) groups is 1. The van der Waals surface area contributed by atoms with E-state index in [2.05, 4.69) is 5.32 Å². The Labute approximate surface area is 118 Å². The fourth-order valence-electron chi connectivity index (χ4n) is 2.32. The Morgan fingerprint density at radius 2 is 2.05 bits per heavy atom. The highest BCUT2D eigenvalue weighted by Gasteiger charge is 2.29. The number of benzene rings is 1. The molecule has 0 aliphatic carbocycles. The zero-order chi connectivity index (χ0) is 14.8. The van der Waals surface area contributed by atoms with Crippen molar-refractivity contribution in [1.29, 1.82) is 0 Å². The average molecular weight is 299 g/mol. The lowest BCUT2D eigenvalue weighted by Crippen LogP contribution is -2.39. The molecule has 1 aromatic rings. The third-order valence-electron chi connectivity index (χ3n) is 3.48. The van der Waals surface area contributed by atoms with Gasteiger partial charge < -0.3 is 5.32 Å². The molecule has 1 N–H and O–H groups in total. The van der Waals surface area contributed by atoms with Gasteiger partial charge in [-0.15, -0.1) is 0 Å². The number of halogens is 1. The summed E-state index contributed by atoms with van der Waals surface area (Å²) in [5.41, 5.74) is 0.882. The van der Waals surface area contributed by atoms with Gasteiger partial charge in [0.1, 0.15) is 5.82 Å². The van der Waals surface area contributed by atoms with Crippen LogP contribution in [0.15, 0.2) is 24.3 Å². The first-order valence-electron chi connectivity index (χ1n) is 6.61. The predicted molar refractivity (Wildman–Crippen MR) is 74.5 cm³/mol. The lowest BCUT2D eigenvalue weighted by molar-refractivity contribution is -0.125. The van der Waals surface area contributed by atoms with Gasteiger partial charge in [-0.1, -0.05) is 19.1 Å². The van der Waals surface area contributed by atoms with E-state index < -0.39 is 9.84 Å². The molecule has 2 unspecified atom stereocenters. The van der Waals surface area contributed by atoms with Gasteiger partial charge in [0.15, 0.2) is 9.84 Å². The SMILES string of the molecule is CC(Cc1ccc(F)cc1)C(=O)NC1CCS(=O)(=O)C1. The summed E-state index contributed by atoms with van der Waals surface area (Å²) in [6.45, 7) is 1.78. The zero-order valence-corrected chi connectivity index (χ0v) is 12.1. The van der Waals surface area contributed by atoms with Crippen molar-refractivity contribution < 1.29 is 17.6 Å². The van der Waals surface area contributed by atoms with Crippen molar-refractivity contribution in [2.45, 2.75) is 25.8 Å². The minimum absolute atomic E-state index is 0.0298. The fourth-order valence-corrected chi connectivity index (χ4v) is 3.99. The largest absolute Gasteiger partial charge is 0.352 e. The Morgan fingerprint density at radius 1 is 1.40 bits per heavy atom. The van der Waals surface area contributed by atoms with Gasteiger partial charge in [-0.05, 0) is 30.5 Å². The number of nitrogens with one attached hydrogen (secondary N) is 1. The molecule has 1 saturated heterocycles. The summed E-state index contributed by atoms with van der Waals surface area (Å²) in [5, 5.41) is 2.77. The average Bonchev–Trinajstić information content (AvgIpc) is 2.71. The topological polar surface area (TPSA) is 63.2 Å². The smallest absolute Gasteiger partial charge is 0.223 e. The van der Waals surface area contributed by atoms with Crippen molar-refractivity contribution in [3.8, 4) is 0 Å². The molecular formula is C14H18FNO3S. The van der Waals surface area contributed by atoms with Gasteiger partial charge in [-0.25, -0.2) is 12.8 Å². The van der Waals surface area contributed by atoms with Crippen LogP contribution in [0.1, 0.15) is 18.9 Å². The van der Waals surface area contributed by atoms with Crippen molar-refractivity contribution in [3.05, 3.63) is 35.6 Å². The molecule has 2 rings (SSSR count). The minimum Gasteiger partial charge on any atom is -0.352 e. The molecule has 20 heavy (non-hydrogen) atoms. The Morgan fingerprint density at radius 3 is 2.60 bits per heavy atom. The molecular weight excluding hydrogens is 281 g/mol. The highest BCUT2D eigenvalue weighted by molar-refractivity contribution is 7.91. The molecule has 1 heterocycles. The molecule has 110 valence electrons. The van der Waals surface area contributed by atoms with E-state index >= 15 is 0 Å². The van der Waals surface area contributed by atoms with Gasteiger partial charge in [-0.2, -0.15) is 0 Å². The Kier molecular flexibility index (Phi) is 4.42. The van der Waals surface area contributed by atoms with Crippen LogP contribution in [0.5, 0.6) is 0 Å². The van der Waals surface area contributed by atoms with Gasteiger partial charge in [0, 0.05) is 12.0 Å². The highest BCUT2D eigenvalue weighted by atomic mass is 32.2. The fraction of sp³-hybridized carbons (Fsp3) is 0.500. The lowest BCUT2D eigenvalue weighted by atomic mass is 10.00. The summed E-state index contributed by atoms with van der Waals surface area (Å²) in [6.07, 6.45) is 0.989. The summed E-state index contributed by atoms with van der Waals surface area (Å²) in [4.78, 5) is 12.0. The Bertz CT molecular complexity index is 583. The zero-order valence-electron chi connectivity index (χ0n) is 11.3. The van der Waals surface area contributed by atoms with E-state index in [1.807, 2.05) is 0 Å². The van der Waals surface area contributed by atoms with Crippen molar-refractivity contribution >= 4 is 15.7 Å². The van der Waals surface area contributed by atoms with Gasteiger partial charge in [0.2, 0.25) is 5.91 Å². The number of rotatable bonds is 4. The molecule has 2 atom stereocenters. The van der Waals surface area contributed by atoms with E-state index in [4.69, 9.17) is 0 Å². The third-order valence-corrected chi connectivity index (χ3v) is 5.25. The van der Waals surface area contributed by atoms with Crippen LogP contribution in [0, 0.1) is 11.7 Å². The van der Waals surface area contributed by atoms with Crippen LogP contribution in [0.2, 0.25) is 0 Å². The standard InChI is InChI=1S/C14H18FNO3S/c1-10(8-11-2-4-12(15)5-3-11)14(17)16-13-6-7-20(18,19)9-13/h2-5,10,13H,6-9H2,1H3,(H,16,17). The van der Waals surface area contributed by atoms with E-state index in [9.17, 15) is 17.6 Å². The van der Waals surface area contributed by atoms with Gasteiger partial charge in [-0.3, -0.25) is 4.79 Å². The maximum atomic E-state index is 12.8. The van der Waals surface area contributed by atoms with Gasteiger partial charge >= 0.3 is 0 Å². The van der Waals surface area contributed by atoms with Crippen molar-refractivity contribution in [1.82, 2.24) is 5.32 Å². The number of hydrogen-bond donors (Lipinski definition) is 1. The quantitative estimate of drug-likeness (QED) is 0.911. The molecule has 0 bridgehead atoms. The van der Waals surface area contributed by atoms with Crippen LogP contribution in [0.25, 0.3) is 0 Å². The second-order valence-corrected chi connectivity index (χ2v) is 7.57. The first kappa shape index (κ1) is 15.0. The molecule has 0 aromatic heterocycles. The number of hydrogen-bond acceptors (Lipinski definition) is 3. The maximum Gasteiger partial charge on any atom is 0.223 e. The third kappa shape index (κ3) is 4.03. The molecule has 0 saturated carbocycles. The first-order chi connectivity index (χ1) is 9.35. The summed E-state index contributed by atoms with van der Waals surface area (Å²) < 4.78 is 35.4. The second-order valence-electron chi connectivity index (χ2n) is 5.34. The Hall–Kier alpha value is -1.43. The molecule has 0 spiro atoms. The molecule has 4 nitrogen and oxygen atoms in total. The normalized spacial score (nSPS) is 22.4. The van der Waals surface area contributed by atoms with E-state index in [1.165, 1.54) is 12.1 Å². The van der Waals surface area contributed by atoms with Gasteiger partial charge in [0.05, 0.1) is 11.5 Å². The number of amides is 1. The summed E-state index contributed by atoms with van der Waals surface area (Å²) >= 11 is 0. The van der Waals surface area contributed by atoms with Crippen LogP contribution in [-0.4, -0.2) is 31.9 Å². The summed E-state index contributed by atoms with van der Waals surface area (Å²) in [6, 6.07) is 5.76. The van der Waals surface area contributed by atoms with E-state index in [1.54, 1.807) is 19.1 Å². The van der Waals surface area contributed by atoms with Crippen LogP contribution in [-0.2, 0) is 21.1 Å². The van der Waals surface area contributed by atoms with Gasteiger partial charge in [0.25, 0.3) is 0 Å². The first-order valence-corrected chi connectivity index (χ1v) is 8.43. The molecule has 1 aliphatic rings. The molecule has 1 aliphatic heterocycles. The van der Waals surface area contributed by atoms with Crippen LogP contribution >= 0.6 is 0 Å². The summed E-state index contributed by atoms with van der Waals surface area (Å²) in [5.74, 6) is -0.561. The molecule has 1 amide bonds. The second kappa shape index (κ2) is 5.91. The van der Waals surface area contributed by atoms with E-state index in [0.717, 1.165) is 5.56 Å². The lowest BCUT2D eigenvalue weighted by Gasteiger charge is -2.16. The molecule has 0 radical (unpaired) electrons. The number of sulfone groups is 1. The molecule has 1 fully saturated rings.